The SMILES string of the molecule is Cc1cc2ncc(C(=O)Nc3ccc(O)cc3)n2nc1NCc1ccc(F)c(Cl)c1. The smallest absolute Gasteiger partial charge is 0.276 e. The highest BCUT2D eigenvalue weighted by Gasteiger charge is 2.15. The summed E-state index contributed by atoms with van der Waals surface area (Å²) in [5, 5.41) is 19.8. The molecule has 0 saturated heterocycles. The van der Waals surface area contributed by atoms with Gasteiger partial charge in [-0.3, -0.25) is 4.79 Å². The first-order valence-electron chi connectivity index (χ1n) is 9.04. The Morgan fingerprint density at radius 3 is 2.70 bits per heavy atom. The molecule has 2 aromatic heterocycles. The number of nitrogens with one attached hydrogen (secondary N) is 2. The summed E-state index contributed by atoms with van der Waals surface area (Å²) in [4.78, 5) is 16.9. The van der Waals surface area contributed by atoms with Gasteiger partial charge >= 0.3 is 0 Å². The number of aryl methyl sites for hydroxylation is 1. The molecular weight excluding hydrogens is 409 g/mol. The fourth-order valence-corrected chi connectivity index (χ4v) is 3.11. The van der Waals surface area contributed by atoms with Crippen molar-refractivity contribution in [2.24, 2.45) is 0 Å². The lowest BCUT2D eigenvalue weighted by Gasteiger charge is -2.11. The molecule has 0 aliphatic heterocycles. The summed E-state index contributed by atoms with van der Waals surface area (Å²) < 4.78 is 14.8. The van der Waals surface area contributed by atoms with Crippen LogP contribution in [0, 0.1) is 12.7 Å². The van der Waals surface area contributed by atoms with E-state index < -0.39 is 5.82 Å². The minimum Gasteiger partial charge on any atom is -0.508 e. The largest absolute Gasteiger partial charge is 0.508 e. The van der Waals surface area contributed by atoms with Crippen molar-refractivity contribution in [2.45, 2.75) is 13.5 Å². The predicted molar refractivity (Wildman–Crippen MR) is 113 cm³/mol. The maximum absolute atomic E-state index is 13.3. The monoisotopic (exact) mass is 425 g/mol. The number of nitrogens with zero attached hydrogens (tertiary/aromatic N) is 3. The van der Waals surface area contributed by atoms with Crippen molar-refractivity contribution in [1.29, 1.82) is 0 Å². The van der Waals surface area contributed by atoms with Crippen LogP contribution in [0.1, 0.15) is 21.6 Å². The fourth-order valence-electron chi connectivity index (χ4n) is 2.91. The van der Waals surface area contributed by atoms with Gasteiger partial charge in [0.1, 0.15) is 17.4 Å². The van der Waals surface area contributed by atoms with E-state index in [1.807, 2.05) is 13.0 Å². The first-order valence-corrected chi connectivity index (χ1v) is 9.42. The predicted octanol–water partition coefficient (Wildman–Crippen LogP) is 4.40. The Bertz CT molecular complexity index is 1240. The third-order valence-corrected chi connectivity index (χ3v) is 4.77. The molecule has 7 nitrogen and oxygen atoms in total. The second kappa shape index (κ2) is 8.00. The number of aromatic hydroxyl groups is 1. The molecule has 0 radical (unpaired) electrons. The number of imidazole rings is 1. The quantitative estimate of drug-likeness (QED) is 0.412. The molecule has 4 rings (SSSR count). The molecule has 0 bridgehead atoms. The lowest BCUT2D eigenvalue weighted by atomic mass is 10.2. The van der Waals surface area contributed by atoms with Gasteiger partial charge in [0.05, 0.1) is 11.2 Å². The van der Waals surface area contributed by atoms with Gasteiger partial charge in [-0.25, -0.2) is 13.9 Å². The molecule has 30 heavy (non-hydrogen) atoms. The van der Waals surface area contributed by atoms with Crippen molar-refractivity contribution in [3.05, 3.63) is 82.4 Å². The second-order valence-corrected chi connectivity index (χ2v) is 7.10. The Labute approximate surface area is 176 Å². The van der Waals surface area contributed by atoms with Gasteiger partial charge in [0.2, 0.25) is 0 Å². The molecule has 3 N–H and O–H groups in total. The summed E-state index contributed by atoms with van der Waals surface area (Å²) in [6, 6.07) is 12.4. The number of fused-ring (bicyclic) bond motifs is 1. The van der Waals surface area contributed by atoms with Gasteiger partial charge in [0, 0.05) is 12.2 Å². The number of phenols is 1. The van der Waals surface area contributed by atoms with Crippen LogP contribution in [0.4, 0.5) is 15.9 Å². The van der Waals surface area contributed by atoms with Crippen LogP contribution in [0.15, 0.2) is 54.7 Å². The number of carbonyl (C=O) groups excluding carboxylic acids is 1. The maximum Gasteiger partial charge on any atom is 0.276 e. The molecule has 152 valence electrons. The molecule has 0 fully saturated rings. The number of rotatable bonds is 5. The van der Waals surface area contributed by atoms with E-state index in [0.29, 0.717) is 23.7 Å². The number of phenolic OH excluding ortho intramolecular Hbond substituents is 1. The lowest BCUT2D eigenvalue weighted by Crippen LogP contribution is -2.16. The average Bonchev–Trinajstić information content (AvgIpc) is 3.13. The molecule has 0 saturated carbocycles. The van der Waals surface area contributed by atoms with E-state index in [1.54, 1.807) is 24.3 Å². The van der Waals surface area contributed by atoms with Crippen molar-refractivity contribution in [3.63, 3.8) is 0 Å². The number of benzene rings is 2. The number of hydrogen-bond acceptors (Lipinski definition) is 5. The van der Waals surface area contributed by atoms with Gasteiger partial charge in [-0.05, 0) is 60.5 Å². The number of anilines is 2. The van der Waals surface area contributed by atoms with Crippen molar-refractivity contribution in [1.82, 2.24) is 14.6 Å². The van der Waals surface area contributed by atoms with E-state index in [9.17, 15) is 14.3 Å². The summed E-state index contributed by atoms with van der Waals surface area (Å²) in [7, 11) is 0. The Morgan fingerprint density at radius 2 is 1.97 bits per heavy atom. The Morgan fingerprint density at radius 1 is 1.20 bits per heavy atom. The Balaban J connectivity index is 1.57. The van der Waals surface area contributed by atoms with E-state index in [4.69, 9.17) is 11.6 Å². The minimum absolute atomic E-state index is 0.0530. The van der Waals surface area contributed by atoms with Crippen LogP contribution in [0.3, 0.4) is 0 Å². The van der Waals surface area contributed by atoms with Crippen LogP contribution in [0.25, 0.3) is 5.65 Å². The molecular formula is C21H17ClFN5O2. The standard InChI is InChI=1S/C21H17ClFN5O2/c1-12-8-19-24-11-18(21(30)26-14-3-5-15(29)6-4-14)28(19)27-20(12)25-10-13-2-7-17(23)16(22)9-13/h2-9,11,29H,10H2,1H3,(H,25,27)(H,26,30). The summed E-state index contributed by atoms with van der Waals surface area (Å²) >= 11 is 5.83. The van der Waals surface area contributed by atoms with Crippen molar-refractivity contribution >= 4 is 34.7 Å². The van der Waals surface area contributed by atoms with E-state index in [0.717, 1.165) is 11.1 Å². The van der Waals surface area contributed by atoms with Crippen LogP contribution < -0.4 is 10.6 Å². The first-order chi connectivity index (χ1) is 14.4. The Kier molecular flexibility index (Phi) is 5.24. The molecule has 0 spiro atoms. The summed E-state index contributed by atoms with van der Waals surface area (Å²) in [5.41, 5.74) is 2.95. The van der Waals surface area contributed by atoms with Gasteiger partial charge < -0.3 is 15.7 Å². The van der Waals surface area contributed by atoms with Crippen LogP contribution >= 0.6 is 11.6 Å². The van der Waals surface area contributed by atoms with Crippen molar-refractivity contribution < 1.29 is 14.3 Å². The summed E-state index contributed by atoms with van der Waals surface area (Å²) in [6.45, 7) is 2.25. The number of carbonyl (C=O) groups is 1. The topological polar surface area (TPSA) is 91.5 Å². The fraction of sp³-hybridized carbons (Fsp3) is 0.0952. The zero-order valence-corrected chi connectivity index (χ0v) is 16.6. The summed E-state index contributed by atoms with van der Waals surface area (Å²) in [6.07, 6.45) is 1.45. The van der Waals surface area contributed by atoms with Gasteiger partial charge in [0.15, 0.2) is 11.3 Å². The maximum atomic E-state index is 13.3. The summed E-state index contributed by atoms with van der Waals surface area (Å²) in [5.74, 6) is -0.197. The number of halogens is 2. The molecule has 2 aromatic carbocycles. The van der Waals surface area contributed by atoms with E-state index >= 15 is 0 Å². The van der Waals surface area contributed by atoms with Crippen LogP contribution in [-0.4, -0.2) is 25.6 Å². The van der Waals surface area contributed by atoms with Crippen LogP contribution in [-0.2, 0) is 6.54 Å². The highest BCUT2D eigenvalue weighted by atomic mass is 35.5. The third-order valence-electron chi connectivity index (χ3n) is 4.49. The number of amides is 1. The Hall–Kier alpha value is -3.65. The highest BCUT2D eigenvalue weighted by molar-refractivity contribution is 6.30. The molecule has 1 amide bonds. The van der Waals surface area contributed by atoms with E-state index in [1.165, 1.54) is 28.9 Å². The normalized spacial score (nSPS) is 10.9. The molecule has 0 atom stereocenters. The van der Waals surface area contributed by atoms with Gasteiger partial charge in [0.25, 0.3) is 5.91 Å². The van der Waals surface area contributed by atoms with E-state index in [-0.39, 0.29) is 22.4 Å². The van der Waals surface area contributed by atoms with Crippen LogP contribution in [0.2, 0.25) is 5.02 Å². The number of aromatic nitrogens is 3. The zero-order chi connectivity index (χ0) is 21.3. The molecule has 0 unspecified atom stereocenters. The first kappa shape index (κ1) is 19.7. The highest BCUT2D eigenvalue weighted by Crippen LogP contribution is 2.20. The van der Waals surface area contributed by atoms with Gasteiger partial charge in [-0.2, -0.15) is 0 Å². The van der Waals surface area contributed by atoms with Crippen molar-refractivity contribution in [3.8, 4) is 5.75 Å². The van der Waals surface area contributed by atoms with E-state index in [2.05, 4.69) is 20.7 Å². The lowest BCUT2D eigenvalue weighted by molar-refractivity contribution is 0.102. The zero-order valence-electron chi connectivity index (χ0n) is 15.9. The minimum atomic E-state index is -0.473. The van der Waals surface area contributed by atoms with Crippen LogP contribution in [0.5, 0.6) is 5.75 Å². The molecule has 9 heteroatoms. The third kappa shape index (κ3) is 4.04. The average molecular weight is 426 g/mol. The molecule has 0 aliphatic carbocycles. The second-order valence-electron chi connectivity index (χ2n) is 6.69. The van der Waals surface area contributed by atoms with Gasteiger partial charge in [-0.15, -0.1) is 5.10 Å². The molecule has 4 aromatic rings. The van der Waals surface area contributed by atoms with Crippen molar-refractivity contribution in [2.75, 3.05) is 10.6 Å². The van der Waals surface area contributed by atoms with Gasteiger partial charge in [-0.1, -0.05) is 17.7 Å². The number of hydrogen-bond donors (Lipinski definition) is 3. The molecule has 0 aliphatic rings. The molecule has 2 heterocycles.